The van der Waals surface area contributed by atoms with Gasteiger partial charge in [0.25, 0.3) is 0 Å². The predicted molar refractivity (Wildman–Crippen MR) is 89.3 cm³/mol. The molecule has 23 heavy (non-hydrogen) atoms. The lowest BCUT2D eigenvalue weighted by Gasteiger charge is -2.21. The van der Waals surface area contributed by atoms with Crippen LogP contribution in [0.15, 0.2) is 59.5 Å². The third-order valence-corrected chi connectivity index (χ3v) is 4.70. The van der Waals surface area contributed by atoms with Crippen molar-refractivity contribution in [3.63, 3.8) is 0 Å². The van der Waals surface area contributed by atoms with Gasteiger partial charge in [-0.25, -0.2) is 13.6 Å². The minimum atomic E-state index is -3.74. The molecular weight excluding hydrogens is 336 g/mol. The van der Waals surface area contributed by atoms with Gasteiger partial charge >= 0.3 is 0 Å². The Hall–Kier alpha value is -2.15. The zero-order valence-electron chi connectivity index (χ0n) is 11.9. The molecule has 3 rings (SSSR count). The Kier molecular flexibility index (Phi) is 3.97. The van der Waals surface area contributed by atoms with Crippen LogP contribution < -0.4 is 10.0 Å². The number of amides is 1. The largest absolute Gasteiger partial charge is 0.281 e. The first-order valence-electron chi connectivity index (χ1n) is 6.78. The molecule has 1 aliphatic heterocycles. The van der Waals surface area contributed by atoms with Crippen LogP contribution in [0.5, 0.6) is 0 Å². The second-order valence-corrected chi connectivity index (χ2v) is 7.07. The van der Waals surface area contributed by atoms with E-state index >= 15 is 0 Å². The number of rotatable bonds is 3. The second kappa shape index (κ2) is 5.81. The van der Waals surface area contributed by atoms with Crippen molar-refractivity contribution in [3.8, 4) is 0 Å². The molecule has 0 fully saturated rings. The Bertz CT molecular complexity index is 888. The number of nitrogens with two attached hydrogens (primary N) is 1. The topological polar surface area (TPSA) is 80.5 Å². The normalized spacial score (nSPS) is 15.0. The molecule has 0 atom stereocenters. The van der Waals surface area contributed by atoms with Crippen molar-refractivity contribution in [2.75, 3.05) is 4.90 Å². The van der Waals surface area contributed by atoms with Gasteiger partial charge in [-0.15, -0.1) is 0 Å². The number of carbonyl (C=O) groups is 1. The van der Waals surface area contributed by atoms with Crippen LogP contribution in [-0.4, -0.2) is 14.3 Å². The van der Waals surface area contributed by atoms with E-state index in [2.05, 4.69) is 0 Å². The first-order chi connectivity index (χ1) is 10.9. The molecule has 0 unspecified atom stereocenters. The molecule has 2 aromatic carbocycles. The molecular formula is C16H13ClN2O3S. The maximum atomic E-state index is 12.2. The molecule has 0 radical (unpaired) electrons. The molecule has 0 spiro atoms. The smallest absolute Gasteiger partial charge is 0.238 e. The van der Waals surface area contributed by atoms with Gasteiger partial charge in [-0.2, -0.15) is 0 Å². The van der Waals surface area contributed by atoms with Crippen molar-refractivity contribution in [1.82, 2.24) is 0 Å². The summed E-state index contributed by atoms with van der Waals surface area (Å²) in [5.41, 5.74) is 2.15. The Morgan fingerprint density at radius 3 is 2.17 bits per heavy atom. The highest BCUT2D eigenvalue weighted by Gasteiger charge is 2.26. The predicted octanol–water partition coefficient (Wildman–Crippen LogP) is 2.77. The van der Waals surface area contributed by atoms with Crippen molar-refractivity contribution in [3.05, 3.63) is 65.2 Å². The zero-order valence-corrected chi connectivity index (χ0v) is 13.5. The summed E-state index contributed by atoms with van der Waals surface area (Å²) in [6, 6.07) is 13.1. The van der Waals surface area contributed by atoms with Gasteiger partial charge in [0, 0.05) is 17.1 Å². The van der Waals surface area contributed by atoms with Crippen molar-refractivity contribution in [2.45, 2.75) is 11.3 Å². The number of benzene rings is 2. The third-order valence-electron chi connectivity index (χ3n) is 3.52. The van der Waals surface area contributed by atoms with Crippen LogP contribution in [0.25, 0.3) is 5.70 Å². The molecule has 5 nitrogen and oxygen atoms in total. The fraction of sp³-hybridized carbons (Fsp3) is 0.0625. The van der Waals surface area contributed by atoms with Crippen LogP contribution in [0, 0.1) is 0 Å². The van der Waals surface area contributed by atoms with Gasteiger partial charge in [0.05, 0.1) is 10.6 Å². The van der Waals surface area contributed by atoms with Gasteiger partial charge in [-0.3, -0.25) is 9.69 Å². The fourth-order valence-corrected chi connectivity index (χ4v) is 3.08. The lowest BCUT2D eigenvalue weighted by Crippen LogP contribution is -2.23. The summed E-state index contributed by atoms with van der Waals surface area (Å²) < 4.78 is 22.6. The van der Waals surface area contributed by atoms with Crippen LogP contribution in [0.2, 0.25) is 5.02 Å². The molecule has 0 saturated carbocycles. The van der Waals surface area contributed by atoms with E-state index in [1.165, 1.54) is 12.1 Å². The zero-order chi connectivity index (χ0) is 16.6. The number of carbonyl (C=O) groups excluding carboxylic acids is 1. The summed E-state index contributed by atoms with van der Waals surface area (Å²) in [7, 11) is -3.74. The Labute approximate surface area is 139 Å². The van der Waals surface area contributed by atoms with Crippen LogP contribution in [0.3, 0.4) is 0 Å². The van der Waals surface area contributed by atoms with Crippen molar-refractivity contribution in [1.29, 1.82) is 0 Å². The van der Waals surface area contributed by atoms with E-state index in [1.807, 2.05) is 6.08 Å². The van der Waals surface area contributed by atoms with Crippen LogP contribution in [0.4, 0.5) is 5.69 Å². The molecule has 1 heterocycles. The lowest BCUT2D eigenvalue weighted by molar-refractivity contribution is -0.116. The highest BCUT2D eigenvalue weighted by molar-refractivity contribution is 7.89. The average molecular weight is 349 g/mol. The quantitative estimate of drug-likeness (QED) is 0.926. The highest BCUT2D eigenvalue weighted by atomic mass is 35.5. The summed E-state index contributed by atoms with van der Waals surface area (Å²) in [6.45, 7) is 0. The summed E-state index contributed by atoms with van der Waals surface area (Å²) in [6.07, 6.45) is 2.10. The molecule has 0 bridgehead atoms. The fourth-order valence-electron chi connectivity index (χ4n) is 2.44. The second-order valence-electron chi connectivity index (χ2n) is 5.07. The van der Waals surface area contributed by atoms with Gasteiger partial charge in [0.15, 0.2) is 0 Å². The molecule has 2 N–H and O–H groups in total. The number of nitrogens with zero attached hydrogens (tertiary/aromatic N) is 1. The van der Waals surface area contributed by atoms with Gasteiger partial charge in [0.2, 0.25) is 15.9 Å². The minimum absolute atomic E-state index is 0.0317. The van der Waals surface area contributed by atoms with Gasteiger partial charge in [-0.05, 0) is 42.0 Å². The van der Waals surface area contributed by atoms with Gasteiger partial charge < -0.3 is 0 Å². The highest BCUT2D eigenvalue weighted by Crippen LogP contribution is 2.33. The number of sulfonamides is 1. The van der Waals surface area contributed by atoms with Crippen molar-refractivity contribution >= 4 is 38.9 Å². The lowest BCUT2D eigenvalue weighted by atomic mass is 10.1. The van der Waals surface area contributed by atoms with E-state index in [-0.39, 0.29) is 17.2 Å². The first-order valence-corrected chi connectivity index (χ1v) is 8.70. The maximum Gasteiger partial charge on any atom is 0.238 e. The van der Waals surface area contributed by atoms with E-state index < -0.39 is 10.0 Å². The molecule has 0 aromatic heterocycles. The SMILES string of the molecule is NS(=O)(=O)c1ccc(C2=CCC(=O)N2c2ccc(Cl)cc2)cc1. The van der Waals surface area contributed by atoms with E-state index in [0.717, 1.165) is 5.56 Å². The van der Waals surface area contributed by atoms with Crippen LogP contribution in [0.1, 0.15) is 12.0 Å². The summed E-state index contributed by atoms with van der Waals surface area (Å²) in [4.78, 5) is 13.8. The molecule has 1 aliphatic rings. The Morgan fingerprint density at radius 2 is 1.61 bits per heavy atom. The monoisotopic (exact) mass is 348 g/mol. The number of anilines is 1. The third kappa shape index (κ3) is 3.14. The standard InChI is InChI=1S/C16H13ClN2O3S/c17-12-3-5-13(6-4-12)19-15(9-10-16(19)20)11-1-7-14(8-2-11)23(18,21)22/h1-9H,10H2,(H2,18,21,22). The maximum absolute atomic E-state index is 12.2. The van der Waals surface area contributed by atoms with E-state index in [1.54, 1.807) is 41.3 Å². The van der Waals surface area contributed by atoms with Crippen LogP contribution >= 0.6 is 11.6 Å². The van der Waals surface area contributed by atoms with Crippen molar-refractivity contribution in [2.24, 2.45) is 5.14 Å². The first kappa shape index (κ1) is 15.7. The number of hydrogen-bond donors (Lipinski definition) is 1. The molecule has 1 amide bonds. The number of primary sulfonamides is 1. The molecule has 2 aromatic rings. The summed E-state index contributed by atoms with van der Waals surface area (Å²) in [5, 5.41) is 5.68. The Morgan fingerprint density at radius 1 is 1.00 bits per heavy atom. The number of halogens is 1. The van der Waals surface area contributed by atoms with E-state index in [4.69, 9.17) is 16.7 Å². The molecule has 118 valence electrons. The van der Waals surface area contributed by atoms with Gasteiger partial charge in [0.1, 0.15) is 0 Å². The van der Waals surface area contributed by atoms with Gasteiger partial charge in [-0.1, -0.05) is 29.8 Å². The summed E-state index contributed by atoms with van der Waals surface area (Å²) in [5.74, 6) is -0.0576. The van der Waals surface area contributed by atoms with E-state index in [9.17, 15) is 13.2 Å². The minimum Gasteiger partial charge on any atom is -0.281 e. The molecule has 7 heteroatoms. The number of hydrogen-bond acceptors (Lipinski definition) is 3. The van der Waals surface area contributed by atoms with Crippen molar-refractivity contribution < 1.29 is 13.2 Å². The molecule has 0 aliphatic carbocycles. The average Bonchev–Trinajstić information content (AvgIpc) is 2.89. The molecule has 0 saturated heterocycles. The van der Waals surface area contributed by atoms with E-state index in [0.29, 0.717) is 16.4 Å². The van der Waals surface area contributed by atoms with Crippen LogP contribution in [-0.2, 0) is 14.8 Å². The Balaban J connectivity index is 1.98. The summed E-state index contributed by atoms with van der Waals surface area (Å²) >= 11 is 5.88.